The van der Waals surface area contributed by atoms with Gasteiger partial charge in [0.15, 0.2) is 5.11 Å². The minimum absolute atomic E-state index is 0.0765. The molecule has 8 heteroatoms. The van der Waals surface area contributed by atoms with E-state index in [4.69, 9.17) is 17.0 Å². The molecule has 0 amide bonds. The van der Waals surface area contributed by atoms with E-state index in [0.717, 1.165) is 6.07 Å². The number of thiocarbonyl (C=S) groups is 1. The largest absolute Gasteiger partial charge is 0.466 e. The minimum Gasteiger partial charge on any atom is -0.466 e. The Morgan fingerprint density at radius 1 is 1.29 bits per heavy atom. The van der Waals surface area contributed by atoms with Crippen LogP contribution in [0.25, 0.3) is 0 Å². The summed E-state index contributed by atoms with van der Waals surface area (Å²) in [6.45, 7) is 3.62. The van der Waals surface area contributed by atoms with Crippen LogP contribution >= 0.6 is 12.2 Å². The summed E-state index contributed by atoms with van der Waals surface area (Å²) in [5, 5.41) is 5.77. The molecule has 0 saturated heterocycles. The molecule has 1 atom stereocenters. The maximum atomic E-state index is 13.4. The lowest BCUT2D eigenvalue weighted by Crippen LogP contribution is -2.47. The quantitative estimate of drug-likeness (QED) is 0.641. The Labute approximate surface area is 143 Å². The standard InChI is InChI=1S/C16H17F3N2O2S/c1-8(2)12-11(14(22)23-3)13(21-15(24)20-12)9-6-4-5-7-10(9)16(17,18)19/h4-8,13H,1-3H3,(H2,20,21,24)/t13-/m0/s1. The van der Waals surface area contributed by atoms with Crippen LogP contribution in [-0.2, 0) is 15.7 Å². The number of nitrogens with one attached hydrogen (secondary N) is 2. The monoisotopic (exact) mass is 358 g/mol. The average Bonchev–Trinajstić information content (AvgIpc) is 2.52. The van der Waals surface area contributed by atoms with E-state index in [2.05, 4.69) is 10.6 Å². The van der Waals surface area contributed by atoms with E-state index in [0.29, 0.717) is 5.70 Å². The number of benzene rings is 1. The van der Waals surface area contributed by atoms with E-state index in [1.807, 2.05) is 13.8 Å². The van der Waals surface area contributed by atoms with E-state index >= 15 is 0 Å². The van der Waals surface area contributed by atoms with Crippen molar-refractivity contribution in [1.29, 1.82) is 0 Å². The van der Waals surface area contributed by atoms with E-state index in [1.165, 1.54) is 25.3 Å². The van der Waals surface area contributed by atoms with Crippen molar-refractivity contribution in [3.63, 3.8) is 0 Å². The number of rotatable bonds is 3. The number of alkyl halides is 3. The van der Waals surface area contributed by atoms with Gasteiger partial charge in [-0.25, -0.2) is 4.79 Å². The van der Waals surface area contributed by atoms with E-state index in [-0.39, 0.29) is 22.2 Å². The van der Waals surface area contributed by atoms with Gasteiger partial charge in [-0.1, -0.05) is 32.0 Å². The molecule has 0 fully saturated rings. The van der Waals surface area contributed by atoms with Crippen LogP contribution in [0.1, 0.15) is 31.0 Å². The zero-order chi connectivity index (χ0) is 18.1. The summed E-state index contributed by atoms with van der Waals surface area (Å²) in [5.74, 6) is -0.858. The summed E-state index contributed by atoms with van der Waals surface area (Å²) in [7, 11) is 1.19. The Morgan fingerprint density at radius 2 is 1.92 bits per heavy atom. The Bertz CT molecular complexity index is 699. The molecule has 2 N–H and O–H groups in total. The van der Waals surface area contributed by atoms with Crippen LogP contribution in [0.5, 0.6) is 0 Å². The predicted octanol–water partition coefficient (Wildman–Crippen LogP) is 3.31. The molecule has 0 saturated carbocycles. The van der Waals surface area contributed by atoms with Gasteiger partial charge in [0.25, 0.3) is 0 Å². The molecule has 1 aliphatic rings. The summed E-state index contributed by atoms with van der Waals surface area (Å²) in [5.41, 5.74) is -0.352. The summed E-state index contributed by atoms with van der Waals surface area (Å²) < 4.78 is 44.9. The summed E-state index contributed by atoms with van der Waals surface area (Å²) >= 11 is 5.10. The van der Waals surface area contributed by atoms with Crippen LogP contribution in [-0.4, -0.2) is 18.2 Å². The highest BCUT2D eigenvalue weighted by atomic mass is 32.1. The van der Waals surface area contributed by atoms with Crippen molar-refractivity contribution < 1.29 is 22.7 Å². The zero-order valence-electron chi connectivity index (χ0n) is 13.3. The number of hydrogen-bond donors (Lipinski definition) is 2. The molecular formula is C16H17F3N2O2S. The van der Waals surface area contributed by atoms with Crippen LogP contribution in [0, 0.1) is 5.92 Å². The highest BCUT2D eigenvalue weighted by Crippen LogP contribution is 2.38. The molecule has 4 nitrogen and oxygen atoms in total. The number of carbonyl (C=O) groups is 1. The van der Waals surface area contributed by atoms with Gasteiger partial charge in [-0.2, -0.15) is 13.2 Å². The molecule has 1 aromatic carbocycles. The van der Waals surface area contributed by atoms with Gasteiger partial charge in [0.05, 0.1) is 24.3 Å². The second-order valence-electron chi connectivity index (χ2n) is 5.59. The second kappa shape index (κ2) is 6.80. The molecule has 1 aromatic rings. The predicted molar refractivity (Wildman–Crippen MR) is 86.9 cm³/mol. The molecule has 0 bridgehead atoms. The Hall–Kier alpha value is -2.09. The molecule has 0 aliphatic carbocycles. The van der Waals surface area contributed by atoms with Gasteiger partial charge in [0.2, 0.25) is 0 Å². The average molecular weight is 358 g/mol. The number of ether oxygens (including phenoxy) is 1. The van der Waals surface area contributed by atoms with Crippen molar-refractivity contribution in [2.45, 2.75) is 26.1 Å². The van der Waals surface area contributed by atoms with Crippen LogP contribution in [0.2, 0.25) is 0 Å². The molecular weight excluding hydrogens is 341 g/mol. The van der Waals surface area contributed by atoms with E-state index < -0.39 is 23.8 Å². The zero-order valence-corrected chi connectivity index (χ0v) is 14.1. The molecule has 0 unspecified atom stereocenters. The van der Waals surface area contributed by atoms with E-state index in [1.54, 1.807) is 0 Å². The Balaban J connectivity index is 2.69. The third-order valence-electron chi connectivity index (χ3n) is 3.66. The van der Waals surface area contributed by atoms with Gasteiger partial charge < -0.3 is 15.4 Å². The first-order valence-corrected chi connectivity index (χ1v) is 7.63. The molecule has 0 spiro atoms. The first-order chi connectivity index (χ1) is 11.2. The number of methoxy groups -OCH3 is 1. The first kappa shape index (κ1) is 18.3. The topological polar surface area (TPSA) is 50.4 Å². The van der Waals surface area contributed by atoms with Crippen LogP contribution in [0.4, 0.5) is 13.2 Å². The molecule has 1 aliphatic heterocycles. The highest BCUT2D eigenvalue weighted by Gasteiger charge is 2.40. The fourth-order valence-corrected chi connectivity index (χ4v) is 2.85. The first-order valence-electron chi connectivity index (χ1n) is 7.22. The molecule has 130 valence electrons. The van der Waals surface area contributed by atoms with Crippen molar-refractivity contribution in [2.75, 3.05) is 7.11 Å². The van der Waals surface area contributed by atoms with Gasteiger partial charge in [0.1, 0.15) is 0 Å². The number of carbonyl (C=O) groups excluding carboxylic acids is 1. The van der Waals surface area contributed by atoms with Crippen molar-refractivity contribution in [3.05, 3.63) is 46.7 Å². The normalized spacial score (nSPS) is 18.3. The summed E-state index contributed by atoms with van der Waals surface area (Å²) in [6.07, 6.45) is -4.55. The molecule has 0 aromatic heterocycles. The summed E-state index contributed by atoms with van der Waals surface area (Å²) in [4.78, 5) is 12.2. The van der Waals surface area contributed by atoms with Crippen LogP contribution in [0.15, 0.2) is 35.5 Å². The lowest BCUT2D eigenvalue weighted by Gasteiger charge is -2.33. The fraction of sp³-hybridized carbons (Fsp3) is 0.375. The van der Waals surface area contributed by atoms with Crippen molar-refractivity contribution >= 4 is 23.3 Å². The Morgan fingerprint density at radius 3 is 2.46 bits per heavy atom. The van der Waals surface area contributed by atoms with Crippen LogP contribution < -0.4 is 10.6 Å². The second-order valence-corrected chi connectivity index (χ2v) is 6.00. The lowest BCUT2D eigenvalue weighted by molar-refractivity contribution is -0.139. The highest BCUT2D eigenvalue weighted by molar-refractivity contribution is 7.80. The Kier molecular flexibility index (Phi) is 5.17. The molecule has 0 radical (unpaired) electrons. The SMILES string of the molecule is COC(=O)C1=C(C(C)C)NC(=S)N[C@H]1c1ccccc1C(F)(F)F. The van der Waals surface area contributed by atoms with Crippen molar-refractivity contribution in [1.82, 2.24) is 10.6 Å². The van der Waals surface area contributed by atoms with E-state index in [9.17, 15) is 18.0 Å². The third kappa shape index (κ3) is 3.53. The van der Waals surface area contributed by atoms with Gasteiger partial charge in [-0.05, 0) is 29.8 Å². The van der Waals surface area contributed by atoms with Crippen LogP contribution in [0.3, 0.4) is 0 Å². The molecule has 24 heavy (non-hydrogen) atoms. The molecule has 1 heterocycles. The number of hydrogen-bond acceptors (Lipinski definition) is 3. The minimum atomic E-state index is -4.55. The fourth-order valence-electron chi connectivity index (χ4n) is 2.62. The molecule has 2 rings (SSSR count). The van der Waals surface area contributed by atoms with Gasteiger partial charge in [-0.15, -0.1) is 0 Å². The van der Waals surface area contributed by atoms with Gasteiger partial charge >= 0.3 is 12.1 Å². The third-order valence-corrected chi connectivity index (χ3v) is 3.88. The van der Waals surface area contributed by atoms with Crippen molar-refractivity contribution in [3.8, 4) is 0 Å². The maximum Gasteiger partial charge on any atom is 0.416 e. The van der Waals surface area contributed by atoms with Crippen molar-refractivity contribution in [2.24, 2.45) is 5.92 Å². The van der Waals surface area contributed by atoms with Gasteiger partial charge in [0, 0.05) is 5.70 Å². The number of allylic oxidation sites excluding steroid dienone is 1. The lowest BCUT2D eigenvalue weighted by atomic mass is 9.89. The smallest absolute Gasteiger partial charge is 0.416 e. The number of esters is 1. The number of halogens is 3. The summed E-state index contributed by atoms with van der Waals surface area (Å²) in [6, 6.07) is 4.06. The van der Waals surface area contributed by atoms with Gasteiger partial charge in [-0.3, -0.25) is 0 Å². The maximum absolute atomic E-state index is 13.4.